The van der Waals surface area contributed by atoms with Crippen molar-refractivity contribution in [1.82, 2.24) is 5.32 Å². The summed E-state index contributed by atoms with van der Waals surface area (Å²) in [5.74, 6) is -0.275. The number of hydrogen-bond acceptors (Lipinski definition) is 18. The summed E-state index contributed by atoms with van der Waals surface area (Å²) in [6, 6.07) is -0.969. The lowest BCUT2D eigenvalue weighted by molar-refractivity contribution is -0.379. The van der Waals surface area contributed by atoms with Crippen LogP contribution in [0.25, 0.3) is 0 Å². The molecule has 3 aliphatic rings. The van der Waals surface area contributed by atoms with E-state index in [4.69, 9.17) is 28.4 Å². The molecule has 12 N–H and O–H groups in total. The van der Waals surface area contributed by atoms with Gasteiger partial charge in [0.05, 0.1) is 38.6 Å². The SMILES string of the molecule is CCCCCCCCCC/C=C\CCCCCCCCCCCCCCCC(=O)NC(COC1OC(CO)C(OC2OC(CO)C(OC3OC(CO)C(O)C(O)C3O)C(O)C2O)C(O)C1O)C(O)/C=C/CCCCCCCCCCCC. The largest absolute Gasteiger partial charge is 0.394 e. The highest BCUT2D eigenvalue weighted by Crippen LogP contribution is 2.33. The molecule has 17 unspecified atom stereocenters. The van der Waals surface area contributed by atoms with Crippen LogP contribution in [0, 0.1) is 0 Å². The number of unbranched alkanes of at least 4 members (excludes halogenated alkanes) is 31. The quantitative estimate of drug-likeness (QED) is 0.0213. The van der Waals surface area contributed by atoms with Crippen LogP contribution in [0.15, 0.2) is 24.3 Å². The zero-order chi connectivity index (χ0) is 59.7. The Labute approximate surface area is 492 Å². The molecular formula is C63H117NO18. The molecule has 82 heavy (non-hydrogen) atoms. The summed E-state index contributed by atoms with van der Waals surface area (Å²) in [6.45, 7) is 1.72. The van der Waals surface area contributed by atoms with E-state index < -0.39 is 124 Å². The second kappa shape index (κ2) is 46.4. The monoisotopic (exact) mass is 1180 g/mol. The predicted molar refractivity (Wildman–Crippen MR) is 314 cm³/mol. The average Bonchev–Trinajstić information content (AvgIpc) is 3.59. The van der Waals surface area contributed by atoms with Crippen molar-refractivity contribution in [2.45, 2.75) is 343 Å². The summed E-state index contributed by atoms with van der Waals surface area (Å²) in [5.41, 5.74) is 0. The maximum atomic E-state index is 13.3. The molecule has 0 aliphatic carbocycles. The van der Waals surface area contributed by atoms with Crippen molar-refractivity contribution in [1.29, 1.82) is 0 Å². The van der Waals surface area contributed by atoms with Crippen LogP contribution >= 0.6 is 0 Å². The maximum absolute atomic E-state index is 13.3. The summed E-state index contributed by atoms with van der Waals surface area (Å²) in [4.78, 5) is 13.3. The van der Waals surface area contributed by atoms with Crippen LogP contribution in [0.2, 0.25) is 0 Å². The molecule has 0 aromatic rings. The topological polar surface area (TPSA) is 307 Å². The number of nitrogens with one attached hydrogen (secondary N) is 1. The number of aliphatic hydroxyl groups is 11. The second-order valence-corrected chi connectivity index (χ2v) is 23.6. The third kappa shape index (κ3) is 29.3. The van der Waals surface area contributed by atoms with Gasteiger partial charge < -0.3 is 89.9 Å². The van der Waals surface area contributed by atoms with Crippen LogP contribution in [-0.2, 0) is 33.2 Å². The van der Waals surface area contributed by atoms with E-state index in [1.165, 1.54) is 167 Å². The highest BCUT2D eigenvalue weighted by atomic mass is 16.8. The van der Waals surface area contributed by atoms with Gasteiger partial charge in [-0.15, -0.1) is 0 Å². The van der Waals surface area contributed by atoms with E-state index in [2.05, 4.69) is 31.3 Å². The lowest BCUT2D eigenvalue weighted by Gasteiger charge is -2.48. The van der Waals surface area contributed by atoms with Crippen molar-refractivity contribution < 1.29 is 89.4 Å². The summed E-state index contributed by atoms with van der Waals surface area (Å²) in [7, 11) is 0. The molecular weight excluding hydrogens is 1060 g/mol. The molecule has 3 heterocycles. The molecule has 3 rings (SSSR count). The van der Waals surface area contributed by atoms with Crippen molar-refractivity contribution in [3.05, 3.63) is 24.3 Å². The van der Waals surface area contributed by atoms with Gasteiger partial charge in [-0.1, -0.05) is 212 Å². The first-order chi connectivity index (χ1) is 39.8. The van der Waals surface area contributed by atoms with Gasteiger partial charge in [0.15, 0.2) is 18.9 Å². The van der Waals surface area contributed by atoms with Crippen LogP contribution in [0.5, 0.6) is 0 Å². The van der Waals surface area contributed by atoms with E-state index >= 15 is 0 Å². The minimum absolute atomic E-state index is 0.246. The number of allylic oxidation sites excluding steroid dienone is 3. The van der Waals surface area contributed by atoms with Crippen LogP contribution in [0.4, 0.5) is 0 Å². The van der Waals surface area contributed by atoms with E-state index in [-0.39, 0.29) is 18.9 Å². The number of carbonyl (C=O) groups excluding carboxylic acids is 1. The predicted octanol–water partition coefficient (Wildman–Crippen LogP) is 7.10. The Morgan fingerprint density at radius 3 is 1.18 bits per heavy atom. The van der Waals surface area contributed by atoms with Crippen molar-refractivity contribution in [2.75, 3.05) is 26.4 Å². The summed E-state index contributed by atoms with van der Waals surface area (Å²) < 4.78 is 34.3. The third-order valence-electron chi connectivity index (χ3n) is 16.5. The van der Waals surface area contributed by atoms with Crippen molar-refractivity contribution >= 4 is 5.91 Å². The Morgan fingerprint density at radius 1 is 0.427 bits per heavy atom. The lowest BCUT2D eigenvalue weighted by Crippen LogP contribution is -2.66. The highest BCUT2D eigenvalue weighted by molar-refractivity contribution is 5.76. The molecule has 0 saturated carbocycles. The number of aliphatic hydroxyl groups excluding tert-OH is 11. The normalized spacial score (nSPS) is 29.7. The molecule has 482 valence electrons. The smallest absolute Gasteiger partial charge is 0.220 e. The molecule has 1 amide bonds. The Hall–Kier alpha value is -1.73. The Balaban J connectivity index is 1.42. The number of carbonyl (C=O) groups is 1. The van der Waals surface area contributed by atoms with Crippen molar-refractivity contribution in [3.63, 3.8) is 0 Å². The van der Waals surface area contributed by atoms with E-state index in [0.717, 1.165) is 44.9 Å². The number of rotatable bonds is 49. The van der Waals surface area contributed by atoms with E-state index in [0.29, 0.717) is 6.42 Å². The summed E-state index contributed by atoms with van der Waals surface area (Å²) >= 11 is 0. The molecule has 0 radical (unpaired) electrons. The van der Waals surface area contributed by atoms with Crippen LogP contribution in [-0.4, -0.2) is 193 Å². The maximum Gasteiger partial charge on any atom is 0.220 e. The van der Waals surface area contributed by atoms with Gasteiger partial charge in [-0.3, -0.25) is 4.79 Å². The first-order valence-corrected chi connectivity index (χ1v) is 32.6. The van der Waals surface area contributed by atoms with E-state index in [9.17, 15) is 61.0 Å². The van der Waals surface area contributed by atoms with Gasteiger partial charge in [0.25, 0.3) is 0 Å². The molecule has 17 atom stereocenters. The van der Waals surface area contributed by atoms with Gasteiger partial charge >= 0.3 is 0 Å². The fourth-order valence-electron chi connectivity index (χ4n) is 11.1. The van der Waals surface area contributed by atoms with E-state index in [1.54, 1.807) is 6.08 Å². The average molecular weight is 1180 g/mol. The Morgan fingerprint density at radius 2 is 0.768 bits per heavy atom. The molecule has 3 saturated heterocycles. The minimum Gasteiger partial charge on any atom is -0.394 e. The standard InChI is InChI=1S/C63H117NO18/c1-3-5-7-9-11-13-15-17-18-19-20-21-22-23-24-25-26-27-28-29-31-33-35-37-39-41-51(69)64-46(47(68)40-38-36-34-32-30-16-14-12-10-8-6-4-2)45-77-61-57(75)54(72)59(49(43-66)79-61)82-63-58(76)55(73)60(50(44-67)80-63)81-62-56(74)53(71)52(70)48(42-65)78-62/h19-20,38,40,46-50,52-63,65-68,70-76H,3-18,21-37,39,41-45H2,1-2H3,(H,64,69)/b20-19-,40-38+. The Bertz CT molecular complexity index is 1590. The summed E-state index contributed by atoms with van der Waals surface area (Å²) in [5, 5.41) is 120. The highest BCUT2D eigenvalue weighted by Gasteiger charge is 2.53. The number of hydrogen-bond donors (Lipinski definition) is 12. The minimum atomic E-state index is -1.98. The van der Waals surface area contributed by atoms with Crippen molar-refractivity contribution in [3.8, 4) is 0 Å². The van der Waals surface area contributed by atoms with Crippen LogP contribution in [0.1, 0.15) is 239 Å². The first kappa shape index (κ1) is 74.5. The van der Waals surface area contributed by atoms with Crippen LogP contribution in [0.3, 0.4) is 0 Å². The van der Waals surface area contributed by atoms with Gasteiger partial charge in [-0.25, -0.2) is 0 Å². The molecule has 0 aromatic heterocycles. The van der Waals surface area contributed by atoms with Crippen LogP contribution < -0.4 is 5.32 Å². The van der Waals surface area contributed by atoms with Gasteiger partial charge in [0.1, 0.15) is 73.2 Å². The van der Waals surface area contributed by atoms with Gasteiger partial charge in [0.2, 0.25) is 5.91 Å². The molecule has 3 fully saturated rings. The molecule has 0 bridgehead atoms. The number of amides is 1. The molecule has 0 aromatic carbocycles. The number of ether oxygens (including phenoxy) is 6. The van der Waals surface area contributed by atoms with E-state index in [1.807, 2.05) is 6.08 Å². The molecule has 0 spiro atoms. The molecule has 19 nitrogen and oxygen atoms in total. The zero-order valence-corrected chi connectivity index (χ0v) is 50.5. The van der Waals surface area contributed by atoms with Gasteiger partial charge in [-0.2, -0.15) is 0 Å². The molecule has 19 heteroatoms. The fraction of sp³-hybridized carbons (Fsp3) is 0.921. The first-order valence-electron chi connectivity index (χ1n) is 32.6. The summed E-state index contributed by atoms with van der Waals surface area (Å²) in [6.07, 6.45) is 23.1. The second-order valence-electron chi connectivity index (χ2n) is 23.6. The third-order valence-corrected chi connectivity index (χ3v) is 16.5. The van der Waals surface area contributed by atoms with Gasteiger partial charge in [-0.05, 0) is 44.9 Å². The zero-order valence-electron chi connectivity index (χ0n) is 50.5. The molecule has 3 aliphatic heterocycles. The Kier molecular flexibility index (Phi) is 42.2. The van der Waals surface area contributed by atoms with Crippen molar-refractivity contribution in [2.24, 2.45) is 0 Å². The fourth-order valence-corrected chi connectivity index (χ4v) is 11.1. The van der Waals surface area contributed by atoms with Gasteiger partial charge in [0, 0.05) is 6.42 Å². The lowest BCUT2D eigenvalue weighted by atomic mass is 9.96.